The molecule has 2 atom stereocenters. The Hall–Kier alpha value is -1.62. The lowest BCUT2D eigenvalue weighted by atomic mass is 9.78. The van der Waals surface area contributed by atoms with Crippen molar-refractivity contribution in [2.75, 3.05) is 13.2 Å². The first-order valence-corrected chi connectivity index (χ1v) is 20.0. The van der Waals surface area contributed by atoms with Crippen LogP contribution in [0.2, 0.25) is 0 Å². The van der Waals surface area contributed by atoms with Gasteiger partial charge in [0.2, 0.25) is 0 Å². The van der Waals surface area contributed by atoms with Crippen LogP contribution in [0.5, 0.6) is 0 Å². The van der Waals surface area contributed by atoms with E-state index >= 15 is 0 Å². The van der Waals surface area contributed by atoms with Gasteiger partial charge in [0.05, 0.1) is 0 Å². The Labute approximate surface area is 292 Å². The molecule has 0 aromatic carbocycles. The van der Waals surface area contributed by atoms with Crippen molar-refractivity contribution in [3.8, 4) is 0 Å². The normalized spacial score (nSPS) is 13.4. The summed E-state index contributed by atoms with van der Waals surface area (Å²) in [5, 5.41) is 10.0. The highest BCUT2D eigenvalue weighted by atomic mass is 16.6. The second kappa shape index (κ2) is 32.9. The molecule has 2 unspecified atom stereocenters. The van der Waals surface area contributed by atoms with Crippen LogP contribution in [0.4, 0.5) is 0 Å². The third-order valence-corrected chi connectivity index (χ3v) is 9.26. The summed E-state index contributed by atoms with van der Waals surface area (Å²) in [7, 11) is 0. The molecule has 47 heavy (non-hydrogen) atoms. The lowest BCUT2D eigenvalue weighted by Crippen LogP contribution is -2.25. The van der Waals surface area contributed by atoms with Crippen LogP contribution in [0.3, 0.4) is 0 Å². The molecule has 0 rings (SSSR count). The van der Waals surface area contributed by atoms with Crippen LogP contribution in [-0.4, -0.2) is 36.4 Å². The van der Waals surface area contributed by atoms with Gasteiger partial charge in [-0.15, -0.1) is 0 Å². The molecule has 0 heterocycles. The molecule has 5 nitrogen and oxygen atoms in total. The molecule has 5 heteroatoms. The Kier molecular flexibility index (Phi) is 31.8. The van der Waals surface area contributed by atoms with E-state index in [9.17, 15) is 14.7 Å². The first-order valence-electron chi connectivity index (χ1n) is 20.0. The Bertz CT molecular complexity index is 771. The van der Waals surface area contributed by atoms with E-state index in [0.29, 0.717) is 18.3 Å². The van der Waals surface area contributed by atoms with Crippen LogP contribution in [-0.2, 0) is 19.1 Å². The summed E-state index contributed by atoms with van der Waals surface area (Å²) in [5.74, 6) is 0.251. The van der Waals surface area contributed by atoms with E-state index in [-0.39, 0.29) is 25.2 Å². The number of carbonyl (C=O) groups is 2. The molecule has 0 saturated heterocycles. The van der Waals surface area contributed by atoms with Crippen LogP contribution in [0.1, 0.15) is 202 Å². The van der Waals surface area contributed by atoms with Crippen molar-refractivity contribution in [1.82, 2.24) is 0 Å². The minimum absolute atomic E-state index is 0.123. The molecular weight excluding hydrogens is 584 g/mol. The van der Waals surface area contributed by atoms with Crippen molar-refractivity contribution in [3.05, 3.63) is 24.3 Å². The third kappa shape index (κ3) is 34.1. The monoisotopic (exact) mass is 663 g/mol. The SMILES string of the molecule is CCCCCC/C=C\CCCCCCCC(=O)OCC(O)COC(=O)CCCCCCC/C=C\CCCCCC(C)(C)CC(C)CC. The highest BCUT2D eigenvalue weighted by Gasteiger charge is 2.19. The van der Waals surface area contributed by atoms with Gasteiger partial charge in [-0.3, -0.25) is 9.59 Å². The Morgan fingerprint density at radius 3 is 1.40 bits per heavy atom. The number of rotatable bonds is 34. The fourth-order valence-corrected chi connectivity index (χ4v) is 6.09. The molecule has 0 aromatic heterocycles. The minimum Gasteiger partial charge on any atom is -0.463 e. The van der Waals surface area contributed by atoms with E-state index in [2.05, 4.69) is 58.9 Å². The van der Waals surface area contributed by atoms with Crippen molar-refractivity contribution in [2.24, 2.45) is 11.3 Å². The fraction of sp³-hybridized carbons (Fsp3) is 0.857. The fourth-order valence-electron chi connectivity index (χ4n) is 6.09. The van der Waals surface area contributed by atoms with E-state index < -0.39 is 6.10 Å². The smallest absolute Gasteiger partial charge is 0.305 e. The van der Waals surface area contributed by atoms with Crippen molar-refractivity contribution >= 4 is 11.9 Å². The third-order valence-electron chi connectivity index (χ3n) is 9.26. The highest BCUT2D eigenvalue weighted by molar-refractivity contribution is 5.69. The quantitative estimate of drug-likeness (QED) is 0.0422. The summed E-state index contributed by atoms with van der Waals surface area (Å²) in [5.41, 5.74) is 0.482. The van der Waals surface area contributed by atoms with E-state index in [1.54, 1.807) is 0 Å². The number of hydrogen-bond donors (Lipinski definition) is 1. The summed E-state index contributed by atoms with van der Waals surface area (Å²) >= 11 is 0. The number of carbonyl (C=O) groups excluding carboxylic acids is 2. The van der Waals surface area contributed by atoms with Gasteiger partial charge in [0.25, 0.3) is 0 Å². The molecule has 1 N–H and O–H groups in total. The maximum Gasteiger partial charge on any atom is 0.305 e. The van der Waals surface area contributed by atoms with Gasteiger partial charge in [-0.05, 0) is 88.4 Å². The summed E-state index contributed by atoms with van der Waals surface area (Å²) < 4.78 is 10.3. The number of allylic oxidation sites excluding steroid dienone is 4. The average Bonchev–Trinajstić information content (AvgIpc) is 3.04. The molecule has 0 aliphatic heterocycles. The maximum absolute atomic E-state index is 12.0. The second-order valence-corrected chi connectivity index (χ2v) is 14.9. The van der Waals surface area contributed by atoms with Gasteiger partial charge in [0.1, 0.15) is 19.3 Å². The van der Waals surface area contributed by atoms with Gasteiger partial charge < -0.3 is 14.6 Å². The zero-order valence-corrected chi connectivity index (χ0v) is 31.8. The molecule has 0 aromatic rings. The van der Waals surface area contributed by atoms with E-state index in [1.165, 1.54) is 103 Å². The summed E-state index contributed by atoms with van der Waals surface area (Å²) in [6.45, 7) is 11.5. The number of esters is 2. The lowest BCUT2D eigenvalue weighted by Gasteiger charge is -2.27. The van der Waals surface area contributed by atoms with Gasteiger partial charge in [-0.25, -0.2) is 0 Å². The highest BCUT2D eigenvalue weighted by Crippen LogP contribution is 2.32. The van der Waals surface area contributed by atoms with Crippen LogP contribution < -0.4 is 0 Å². The van der Waals surface area contributed by atoms with E-state index in [4.69, 9.17) is 9.47 Å². The molecule has 0 fully saturated rings. The largest absolute Gasteiger partial charge is 0.463 e. The van der Waals surface area contributed by atoms with Gasteiger partial charge >= 0.3 is 11.9 Å². The summed E-state index contributed by atoms with van der Waals surface area (Å²) in [4.78, 5) is 23.9. The van der Waals surface area contributed by atoms with Crippen LogP contribution in [0.25, 0.3) is 0 Å². The van der Waals surface area contributed by atoms with E-state index in [0.717, 1.165) is 57.3 Å². The zero-order chi connectivity index (χ0) is 34.9. The zero-order valence-electron chi connectivity index (χ0n) is 31.8. The van der Waals surface area contributed by atoms with Crippen molar-refractivity contribution in [1.29, 1.82) is 0 Å². The average molecular weight is 663 g/mol. The minimum atomic E-state index is -0.970. The Balaban J connectivity index is 3.53. The molecule has 0 saturated carbocycles. The van der Waals surface area contributed by atoms with Crippen LogP contribution >= 0.6 is 0 Å². The van der Waals surface area contributed by atoms with Gasteiger partial charge in [0.15, 0.2) is 0 Å². The number of ether oxygens (including phenoxy) is 2. The lowest BCUT2D eigenvalue weighted by molar-refractivity contribution is -0.152. The summed E-state index contributed by atoms with van der Waals surface area (Å²) in [6.07, 6.45) is 37.7. The van der Waals surface area contributed by atoms with Gasteiger partial charge in [-0.1, -0.05) is 136 Å². The number of aliphatic hydroxyl groups excluding tert-OH is 1. The predicted octanol–water partition coefficient (Wildman–Crippen LogP) is 12.4. The number of hydrogen-bond acceptors (Lipinski definition) is 5. The molecule has 0 aliphatic rings. The molecule has 0 aliphatic carbocycles. The van der Waals surface area contributed by atoms with Crippen molar-refractivity contribution in [3.63, 3.8) is 0 Å². The number of aliphatic hydroxyl groups is 1. The van der Waals surface area contributed by atoms with Crippen molar-refractivity contribution < 1.29 is 24.2 Å². The Morgan fingerprint density at radius 1 is 0.596 bits per heavy atom. The van der Waals surface area contributed by atoms with Crippen LogP contribution in [0, 0.1) is 11.3 Å². The summed E-state index contributed by atoms with van der Waals surface area (Å²) in [6, 6.07) is 0. The van der Waals surface area contributed by atoms with Crippen molar-refractivity contribution in [2.45, 2.75) is 208 Å². The molecule has 0 radical (unpaired) electrons. The molecular formula is C42H78O5. The topological polar surface area (TPSA) is 72.8 Å². The first kappa shape index (κ1) is 45.4. The predicted molar refractivity (Wildman–Crippen MR) is 201 cm³/mol. The standard InChI is InChI=1S/C42H78O5/c1-6-8-9-10-11-12-13-14-17-20-23-26-29-32-40(44)46-36-39(43)37-47-41(45)33-30-27-24-21-18-15-16-19-22-25-28-31-34-42(4,5)35-38(3)7-2/h12-13,16,19,38-39,43H,6-11,14-15,17-18,20-37H2,1-5H3/b13-12-,19-16-. The van der Waals surface area contributed by atoms with E-state index in [1.807, 2.05) is 0 Å². The second-order valence-electron chi connectivity index (χ2n) is 14.9. The van der Waals surface area contributed by atoms with Gasteiger partial charge in [0, 0.05) is 12.8 Å². The van der Waals surface area contributed by atoms with Crippen LogP contribution in [0.15, 0.2) is 24.3 Å². The molecule has 276 valence electrons. The Morgan fingerprint density at radius 2 is 0.979 bits per heavy atom. The van der Waals surface area contributed by atoms with Gasteiger partial charge in [-0.2, -0.15) is 0 Å². The maximum atomic E-state index is 12.0. The first-order chi connectivity index (χ1) is 22.7. The molecule has 0 spiro atoms. The number of unbranched alkanes of at least 4 members (excludes halogenated alkanes) is 17. The molecule has 0 amide bonds. The molecule has 0 bridgehead atoms.